The molecule has 0 aromatic heterocycles. The Labute approximate surface area is 46.5 Å². The number of hydrogen-bond acceptors (Lipinski definition) is 1. The molecule has 0 unspecified atom stereocenters. The molecule has 0 aromatic carbocycles. The Bertz CT molecular complexity index is 150. The molecule has 1 nitrogen and oxygen atoms in total. The Morgan fingerprint density at radius 2 is 2.80 bits per heavy atom. The molecular weight excluding hydrogens is 132 g/mol. The van der Waals surface area contributed by atoms with Crippen molar-refractivity contribution in [1.82, 2.24) is 0 Å². The highest BCUT2D eigenvalue weighted by Crippen LogP contribution is 2.08. The summed E-state index contributed by atoms with van der Waals surface area (Å²) in [5, 5.41) is 0. The lowest BCUT2D eigenvalue weighted by atomic mass is 10.4. The van der Waals surface area contributed by atoms with Crippen LogP contribution >= 0.6 is 15.9 Å². The van der Waals surface area contributed by atoms with Gasteiger partial charge in [-0.1, -0.05) is 15.9 Å². The molecule has 0 amide bonds. The third-order valence-corrected chi connectivity index (χ3v) is 0.605. The topological polar surface area (TPSA) is 9.23 Å². The minimum Gasteiger partial charge on any atom is -0.379 e. The molecule has 2 heteroatoms. The molecule has 1 saturated heterocycles. The number of halogens is 1. The van der Waals surface area contributed by atoms with E-state index in [-0.39, 0.29) is 0 Å². The monoisotopic (exact) mass is 141 g/mol. The average molecular weight is 142 g/mol. The summed E-state index contributed by atoms with van der Waals surface area (Å²) in [7, 11) is 0. The highest BCUT2D eigenvalue weighted by atomic mass is 79.9. The van der Waals surface area contributed by atoms with Crippen LogP contribution in [0.1, 0.15) is 6.85 Å². The van der Waals surface area contributed by atoms with Gasteiger partial charge in [0.15, 0.2) is 0 Å². The summed E-state index contributed by atoms with van der Waals surface area (Å²) in [5.74, 6) is 0. The van der Waals surface area contributed by atoms with Crippen LogP contribution in [0.15, 0.2) is 0 Å². The van der Waals surface area contributed by atoms with E-state index in [1.165, 1.54) is 0 Å². The summed E-state index contributed by atoms with van der Waals surface area (Å²) >= 11 is 2.60. The van der Waals surface area contributed by atoms with E-state index >= 15 is 0 Å². The van der Waals surface area contributed by atoms with Gasteiger partial charge in [0.25, 0.3) is 0 Å². The molecule has 1 heterocycles. The van der Waals surface area contributed by atoms with Crippen LogP contribution in [0.2, 0.25) is 0 Å². The van der Waals surface area contributed by atoms with Crippen molar-refractivity contribution in [2.75, 3.05) is 13.1 Å². The molecule has 1 fully saturated rings. The molecule has 30 valence electrons. The summed E-state index contributed by atoms with van der Waals surface area (Å²) in [6.07, 6.45) is 0. The number of rotatable bonds is 0. The van der Waals surface area contributed by atoms with E-state index in [9.17, 15) is 0 Å². The first kappa shape index (κ1) is 0.984. The van der Waals surface area contributed by atoms with Crippen LogP contribution in [0.3, 0.4) is 0 Å². The lowest BCUT2D eigenvalue weighted by Crippen LogP contribution is -2.26. The van der Waals surface area contributed by atoms with Gasteiger partial charge in [-0.25, -0.2) is 0 Å². The molecule has 0 aliphatic carbocycles. The average Bonchev–Trinajstić information content (AvgIpc) is 1.61. The third kappa shape index (κ3) is 0.637. The van der Waals surface area contributed by atoms with Gasteiger partial charge in [0.1, 0.15) is 0 Å². The Balaban J connectivity index is 2.85. The Morgan fingerprint density at radius 3 is 2.80 bits per heavy atom. The van der Waals surface area contributed by atoms with Gasteiger partial charge in [0, 0.05) is 1.37 Å². The molecule has 0 radical (unpaired) electrons. The molecule has 0 aromatic rings. The van der Waals surface area contributed by atoms with Gasteiger partial charge in [-0.15, -0.1) is 0 Å². The van der Waals surface area contributed by atoms with Crippen LogP contribution in [0.4, 0.5) is 0 Å². The van der Waals surface area contributed by atoms with Crippen molar-refractivity contribution in [3.8, 4) is 0 Å². The van der Waals surface area contributed by atoms with Gasteiger partial charge in [-0.3, -0.25) is 0 Å². The summed E-state index contributed by atoms with van der Waals surface area (Å²) in [4.78, 5) is -1.98. The molecule has 1 aliphatic rings. The van der Waals surface area contributed by atoms with Crippen molar-refractivity contribution in [3.05, 3.63) is 0 Å². The lowest BCUT2D eigenvalue weighted by Gasteiger charge is -2.18. The molecule has 0 spiro atoms. The summed E-state index contributed by atoms with van der Waals surface area (Å²) < 4.78 is 38.9. The summed E-state index contributed by atoms with van der Waals surface area (Å²) in [5.41, 5.74) is 0. The summed E-state index contributed by atoms with van der Waals surface area (Å²) in [6.45, 7) is -4.48. The van der Waals surface area contributed by atoms with Crippen molar-refractivity contribution in [2.24, 2.45) is 0 Å². The van der Waals surface area contributed by atoms with Crippen molar-refractivity contribution in [1.29, 1.82) is 0 Å². The van der Waals surface area contributed by atoms with Gasteiger partial charge in [0.05, 0.1) is 23.4 Å². The Hall–Kier alpha value is 0.440. The second kappa shape index (κ2) is 1.27. The maximum Gasteiger partial charge on any atom is 0.0614 e. The fraction of sp³-hybridized carbons (Fsp3) is 1.00. The smallest absolute Gasteiger partial charge is 0.0614 e. The van der Waals surface area contributed by atoms with Crippen molar-refractivity contribution in [2.45, 2.75) is 4.80 Å². The fourth-order valence-corrected chi connectivity index (χ4v) is 0.251. The predicted octanol–water partition coefficient (Wildman–Crippen LogP) is 0.780. The second-order valence-corrected chi connectivity index (χ2v) is 1.41. The zero-order valence-corrected chi connectivity index (χ0v) is 3.87. The van der Waals surface area contributed by atoms with Crippen LogP contribution in [0.5, 0.6) is 0 Å². The quantitative estimate of drug-likeness (QED) is 0.454. The standard InChI is InChI=1S/C3H5BrO/c4-3-1-5-2-3/h3H,1-2H2/i1D2,2D2,3D. The van der Waals surface area contributed by atoms with E-state index in [1.807, 2.05) is 0 Å². The SMILES string of the molecule is [2H]C1([2H])OC([2H])([2H])C1([2H])Br. The predicted molar refractivity (Wildman–Crippen MR) is 23.5 cm³/mol. The molecular formula is C3H5BrO. The minimum absolute atomic E-state index is 1.98. The molecule has 0 N–H and O–H groups in total. The third-order valence-electron chi connectivity index (χ3n) is 0.281. The highest BCUT2D eigenvalue weighted by molar-refractivity contribution is 9.09. The van der Waals surface area contributed by atoms with Crippen molar-refractivity contribution < 1.29 is 11.6 Å². The van der Waals surface area contributed by atoms with Crippen LogP contribution in [0.25, 0.3) is 0 Å². The van der Waals surface area contributed by atoms with Crippen LogP contribution < -0.4 is 0 Å². The number of hydrogen-bond donors (Lipinski definition) is 0. The Morgan fingerprint density at radius 1 is 2.20 bits per heavy atom. The van der Waals surface area contributed by atoms with Crippen molar-refractivity contribution in [3.63, 3.8) is 0 Å². The normalized spacial score (nSPS) is 67.0. The van der Waals surface area contributed by atoms with Gasteiger partial charge in [-0.2, -0.15) is 0 Å². The van der Waals surface area contributed by atoms with Gasteiger partial charge in [0.2, 0.25) is 0 Å². The molecule has 5 heavy (non-hydrogen) atoms. The van der Waals surface area contributed by atoms with E-state index in [0.717, 1.165) is 0 Å². The first-order chi connectivity index (χ1) is 4.21. The lowest BCUT2D eigenvalue weighted by molar-refractivity contribution is 0.0482. The maximum atomic E-state index is 7.11. The zero-order valence-electron chi connectivity index (χ0n) is 7.29. The molecule has 0 atom stereocenters. The van der Waals surface area contributed by atoms with E-state index in [4.69, 9.17) is 6.85 Å². The van der Waals surface area contributed by atoms with E-state index in [2.05, 4.69) is 20.7 Å². The zero-order chi connectivity index (χ0) is 8.21. The van der Waals surface area contributed by atoms with E-state index < -0.39 is 17.9 Å². The van der Waals surface area contributed by atoms with Crippen molar-refractivity contribution >= 4 is 15.9 Å². The minimum atomic E-state index is -2.24. The summed E-state index contributed by atoms with van der Waals surface area (Å²) in [6, 6.07) is 0. The maximum absolute atomic E-state index is 7.11. The second-order valence-electron chi connectivity index (χ2n) is 0.620. The molecule has 0 bridgehead atoms. The van der Waals surface area contributed by atoms with Crippen LogP contribution in [0, 0.1) is 0 Å². The fourth-order valence-electron chi connectivity index (χ4n) is 0.0896. The molecule has 1 rings (SSSR count). The van der Waals surface area contributed by atoms with E-state index in [1.54, 1.807) is 0 Å². The number of alkyl halides is 1. The van der Waals surface area contributed by atoms with Crippen LogP contribution in [-0.4, -0.2) is 17.9 Å². The van der Waals surface area contributed by atoms with Gasteiger partial charge in [-0.05, 0) is 0 Å². The first-order valence-electron chi connectivity index (χ1n) is 3.60. The van der Waals surface area contributed by atoms with Gasteiger partial charge >= 0.3 is 0 Å². The highest BCUT2D eigenvalue weighted by Gasteiger charge is 2.12. The van der Waals surface area contributed by atoms with Crippen LogP contribution in [-0.2, 0) is 4.74 Å². The Kier molecular flexibility index (Phi) is 0.249. The molecule has 0 saturated carbocycles. The van der Waals surface area contributed by atoms with Gasteiger partial charge < -0.3 is 4.74 Å². The largest absolute Gasteiger partial charge is 0.379 e. The molecule has 1 aliphatic heterocycles. The first-order valence-corrected chi connectivity index (χ1v) is 1.89. The number of ether oxygens (including phenoxy) is 1. The van der Waals surface area contributed by atoms with E-state index in [0.29, 0.717) is 0 Å².